The third-order valence-electron chi connectivity index (χ3n) is 7.25. The average molecular weight is 565 g/mol. The number of fused-ring (bicyclic) bond motifs is 2. The van der Waals surface area contributed by atoms with Gasteiger partial charge in [-0.25, -0.2) is 4.98 Å². The number of hydrogen-bond acceptors (Lipinski definition) is 11. The van der Waals surface area contributed by atoms with E-state index in [4.69, 9.17) is 38.6 Å². The maximum atomic E-state index is 10.1. The number of aliphatic hydroxyl groups excluding tert-OH is 1. The summed E-state index contributed by atoms with van der Waals surface area (Å²) in [7, 11) is 3.16. The van der Waals surface area contributed by atoms with Gasteiger partial charge in [0.05, 0.1) is 47.8 Å². The summed E-state index contributed by atoms with van der Waals surface area (Å²) in [5, 5.41) is 14.5. The molecule has 2 aromatic heterocycles. The first-order valence-electron chi connectivity index (χ1n) is 13.2. The van der Waals surface area contributed by atoms with Crippen LogP contribution in [-0.2, 0) is 9.47 Å². The van der Waals surface area contributed by atoms with Crippen molar-refractivity contribution >= 4 is 27.4 Å². The largest absolute Gasteiger partial charge is 0.496 e. The maximum Gasteiger partial charge on any atom is 0.324 e. The van der Waals surface area contributed by atoms with Gasteiger partial charge < -0.3 is 34.1 Å². The first-order valence-corrected chi connectivity index (χ1v) is 14.0. The van der Waals surface area contributed by atoms with Crippen molar-refractivity contribution in [3.63, 3.8) is 0 Å². The molecule has 11 heteroatoms. The second kappa shape index (κ2) is 10.5. The molecule has 4 unspecified atom stereocenters. The molecule has 3 heterocycles. The van der Waals surface area contributed by atoms with Crippen molar-refractivity contribution in [2.75, 3.05) is 26.1 Å². The molecule has 0 radical (unpaired) electrons. The lowest BCUT2D eigenvalue weighted by molar-refractivity contribution is -0.158. The number of nitrogens with one attached hydrogen (secondary N) is 1. The van der Waals surface area contributed by atoms with Crippen LogP contribution in [0.15, 0.2) is 42.5 Å². The van der Waals surface area contributed by atoms with E-state index in [9.17, 15) is 5.11 Å². The van der Waals surface area contributed by atoms with Crippen LogP contribution in [0.3, 0.4) is 0 Å². The van der Waals surface area contributed by atoms with Gasteiger partial charge in [-0.1, -0.05) is 12.1 Å². The number of methoxy groups -OCH3 is 2. The molecule has 40 heavy (non-hydrogen) atoms. The molecule has 2 N–H and O–H groups in total. The summed E-state index contributed by atoms with van der Waals surface area (Å²) in [5.74, 6) is 1.43. The lowest BCUT2D eigenvalue weighted by atomic mass is 10.1. The molecule has 10 nitrogen and oxygen atoms in total. The number of rotatable bonds is 8. The van der Waals surface area contributed by atoms with Gasteiger partial charge in [0, 0.05) is 30.7 Å². The zero-order valence-corrected chi connectivity index (χ0v) is 23.8. The SMILES string of the molecule is COc1cc(OC)cc(Oc2nc(C)c(-c3nc4ccccc4s3)c(NC3CC(CO)C4OC(C)(C)OC34)n2)c1. The van der Waals surface area contributed by atoms with Crippen molar-refractivity contribution in [2.45, 2.75) is 51.2 Å². The monoisotopic (exact) mass is 564 g/mol. The molecule has 1 saturated carbocycles. The minimum Gasteiger partial charge on any atom is -0.496 e. The Morgan fingerprint density at radius 1 is 1.00 bits per heavy atom. The van der Waals surface area contributed by atoms with Crippen LogP contribution in [0.1, 0.15) is 26.0 Å². The van der Waals surface area contributed by atoms with Crippen molar-refractivity contribution in [1.29, 1.82) is 0 Å². The van der Waals surface area contributed by atoms with Crippen LogP contribution in [0.4, 0.5) is 5.82 Å². The quantitative estimate of drug-likeness (QED) is 0.296. The Kier molecular flexibility index (Phi) is 6.99. The number of aliphatic hydroxyl groups is 1. The molecule has 1 saturated heterocycles. The summed E-state index contributed by atoms with van der Waals surface area (Å²) in [4.78, 5) is 14.4. The Labute approximate surface area is 236 Å². The van der Waals surface area contributed by atoms with E-state index in [1.54, 1.807) is 43.8 Å². The third-order valence-corrected chi connectivity index (χ3v) is 8.30. The van der Waals surface area contributed by atoms with E-state index in [0.717, 1.165) is 20.8 Å². The van der Waals surface area contributed by atoms with Crippen molar-refractivity contribution in [1.82, 2.24) is 15.0 Å². The molecule has 0 spiro atoms. The highest BCUT2D eigenvalue weighted by molar-refractivity contribution is 7.21. The number of anilines is 1. The summed E-state index contributed by atoms with van der Waals surface area (Å²) >= 11 is 1.58. The van der Waals surface area contributed by atoms with E-state index >= 15 is 0 Å². The van der Waals surface area contributed by atoms with E-state index in [2.05, 4.69) is 5.32 Å². The first kappa shape index (κ1) is 26.7. The minimum atomic E-state index is -0.736. The summed E-state index contributed by atoms with van der Waals surface area (Å²) in [6.45, 7) is 5.72. The van der Waals surface area contributed by atoms with E-state index in [1.807, 2.05) is 45.0 Å². The standard InChI is InChI=1S/C29H32N4O6S/c1-15-23(27-32-20-8-6-7-9-22(20)40-27)26(31-21-10-16(14-34)24-25(21)39-29(2,3)38-24)33-28(30-15)37-19-12-17(35-4)11-18(13-19)36-5/h6-9,11-13,16,21,24-25,34H,10,14H2,1-5H3,(H,30,31,33). The van der Waals surface area contributed by atoms with Gasteiger partial charge in [0.15, 0.2) is 5.79 Å². The normalized spacial score (nSPS) is 23.2. The number of benzene rings is 2. The number of aryl methyl sites for hydroxylation is 1. The van der Waals surface area contributed by atoms with Gasteiger partial charge >= 0.3 is 6.01 Å². The van der Waals surface area contributed by atoms with E-state index in [-0.39, 0.29) is 36.8 Å². The fourth-order valence-electron chi connectivity index (χ4n) is 5.46. The number of hydrogen-bond donors (Lipinski definition) is 2. The zero-order valence-electron chi connectivity index (χ0n) is 23.0. The predicted octanol–water partition coefficient (Wildman–Crippen LogP) is 5.18. The van der Waals surface area contributed by atoms with E-state index < -0.39 is 5.79 Å². The Morgan fingerprint density at radius 2 is 1.70 bits per heavy atom. The minimum absolute atomic E-state index is 0.0123. The highest BCUT2D eigenvalue weighted by Crippen LogP contribution is 2.44. The first-order chi connectivity index (χ1) is 19.3. The molecule has 1 aliphatic heterocycles. The molecule has 0 bridgehead atoms. The fourth-order valence-corrected chi connectivity index (χ4v) is 6.52. The zero-order chi connectivity index (χ0) is 28.0. The van der Waals surface area contributed by atoms with Crippen LogP contribution in [-0.4, -0.2) is 64.9 Å². The number of aromatic nitrogens is 3. The fraction of sp³-hybridized carbons (Fsp3) is 0.414. The molecule has 4 atom stereocenters. The van der Waals surface area contributed by atoms with Crippen LogP contribution in [0.5, 0.6) is 23.3 Å². The Morgan fingerprint density at radius 3 is 2.40 bits per heavy atom. The molecule has 2 aliphatic rings. The molecule has 4 aromatic rings. The lowest BCUT2D eigenvalue weighted by Crippen LogP contribution is -2.35. The number of nitrogens with zero attached hydrogens (tertiary/aromatic N) is 3. The third kappa shape index (κ3) is 5.05. The van der Waals surface area contributed by atoms with Crippen molar-refractivity contribution in [3.05, 3.63) is 48.2 Å². The number of thiazole rings is 1. The predicted molar refractivity (Wildman–Crippen MR) is 151 cm³/mol. The molecule has 0 amide bonds. The molecule has 1 aliphatic carbocycles. The van der Waals surface area contributed by atoms with Gasteiger partial charge in [-0.3, -0.25) is 0 Å². The van der Waals surface area contributed by atoms with Crippen molar-refractivity contribution in [2.24, 2.45) is 5.92 Å². The molecular weight excluding hydrogens is 532 g/mol. The molecule has 6 rings (SSSR count). The number of ether oxygens (including phenoxy) is 5. The van der Waals surface area contributed by atoms with Crippen molar-refractivity contribution < 1.29 is 28.8 Å². The van der Waals surface area contributed by atoms with Gasteiger partial charge in [0.25, 0.3) is 0 Å². The second-order valence-electron chi connectivity index (χ2n) is 10.4. The Bertz CT molecular complexity index is 1490. The van der Waals surface area contributed by atoms with Gasteiger partial charge in [0.1, 0.15) is 34.2 Å². The van der Waals surface area contributed by atoms with Crippen molar-refractivity contribution in [3.8, 4) is 33.8 Å². The topological polar surface area (TPSA) is 117 Å². The van der Waals surface area contributed by atoms with E-state index in [1.165, 1.54) is 0 Å². The number of para-hydroxylation sites is 1. The molecule has 210 valence electrons. The second-order valence-corrected chi connectivity index (χ2v) is 11.5. The van der Waals surface area contributed by atoms with Crippen LogP contribution in [0.2, 0.25) is 0 Å². The smallest absolute Gasteiger partial charge is 0.324 e. The molecule has 2 fully saturated rings. The Balaban J connectivity index is 1.41. The summed E-state index contributed by atoms with van der Waals surface area (Å²) < 4.78 is 30.4. The van der Waals surface area contributed by atoms with Gasteiger partial charge in [-0.05, 0) is 39.3 Å². The highest BCUT2D eigenvalue weighted by Gasteiger charge is 2.54. The lowest BCUT2D eigenvalue weighted by Gasteiger charge is -2.24. The Hall–Kier alpha value is -3.51. The summed E-state index contributed by atoms with van der Waals surface area (Å²) in [6.07, 6.45) is 0.192. The molecular formula is C29H32N4O6S. The van der Waals surface area contributed by atoms with Crippen LogP contribution in [0.25, 0.3) is 20.8 Å². The van der Waals surface area contributed by atoms with E-state index in [0.29, 0.717) is 35.2 Å². The summed E-state index contributed by atoms with van der Waals surface area (Å²) in [6, 6.07) is 13.3. The molecule has 2 aromatic carbocycles. The van der Waals surface area contributed by atoms with Gasteiger partial charge in [-0.15, -0.1) is 11.3 Å². The van der Waals surface area contributed by atoms with Gasteiger partial charge in [0.2, 0.25) is 0 Å². The van der Waals surface area contributed by atoms with Crippen LogP contribution in [0, 0.1) is 12.8 Å². The maximum absolute atomic E-state index is 10.1. The average Bonchev–Trinajstić information content (AvgIpc) is 3.58. The van der Waals surface area contributed by atoms with Crippen LogP contribution >= 0.6 is 11.3 Å². The van der Waals surface area contributed by atoms with Crippen LogP contribution < -0.4 is 19.5 Å². The highest BCUT2D eigenvalue weighted by atomic mass is 32.1. The summed E-state index contributed by atoms with van der Waals surface area (Å²) in [5.41, 5.74) is 2.41. The van der Waals surface area contributed by atoms with Gasteiger partial charge in [-0.2, -0.15) is 9.97 Å².